The molecule has 0 aliphatic carbocycles. The molecule has 134 valence electrons. The van der Waals surface area contributed by atoms with Crippen molar-refractivity contribution in [1.29, 1.82) is 0 Å². The Labute approximate surface area is 165 Å². The van der Waals surface area contributed by atoms with Crippen molar-refractivity contribution in [3.63, 3.8) is 0 Å². The maximum Gasteiger partial charge on any atom is 0.244 e. The van der Waals surface area contributed by atoms with Gasteiger partial charge in [0.05, 0.1) is 14.2 Å². The Kier molecular flexibility index (Phi) is 6.29. The predicted molar refractivity (Wildman–Crippen MR) is 110 cm³/mol. The van der Waals surface area contributed by atoms with Crippen molar-refractivity contribution in [3.8, 4) is 11.5 Å². The standard InChI is InChI=1S/C19H16ClNO3S2/c1-23-16-10-14(20)8-13(17(16)24-2)9-15-18(22)26-19(21-15)25-11-12-6-4-3-5-7-12/h3-10H,11H2,1-2H3/b15-9+. The Hall–Kier alpha value is -1.89. The lowest BCUT2D eigenvalue weighted by Crippen LogP contribution is -1.95. The SMILES string of the molecule is COc1cc(Cl)cc(/C=C2/N=C(SCc3ccccc3)SC2=O)c1OC. The average Bonchev–Trinajstić information content (AvgIpc) is 3.00. The zero-order chi connectivity index (χ0) is 18.5. The van der Waals surface area contributed by atoms with Gasteiger partial charge >= 0.3 is 0 Å². The largest absolute Gasteiger partial charge is 0.493 e. The number of halogens is 1. The smallest absolute Gasteiger partial charge is 0.244 e. The van der Waals surface area contributed by atoms with Gasteiger partial charge in [0, 0.05) is 22.4 Å². The summed E-state index contributed by atoms with van der Waals surface area (Å²) in [5.41, 5.74) is 2.21. The van der Waals surface area contributed by atoms with Crippen molar-refractivity contribution < 1.29 is 14.3 Å². The molecule has 0 radical (unpaired) electrons. The number of aliphatic imine (C=N–C) groups is 1. The number of ether oxygens (including phenoxy) is 2. The second kappa shape index (κ2) is 8.66. The molecule has 2 aromatic rings. The lowest BCUT2D eigenvalue weighted by atomic mass is 10.1. The third kappa shape index (κ3) is 4.44. The number of methoxy groups -OCH3 is 2. The van der Waals surface area contributed by atoms with E-state index in [-0.39, 0.29) is 5.12 Å². The Morgan fingerprint density at radius 2 is 1.96 bits per heavy atom. The second-order valence-electron chi connectivity index (χ2n) is 5.30. The predicted octanol–water partition coefficient (Wildman–Crippen LogP) is 5.26. The molecule has 0 aromatic heterocycles. The summed E-state index contributed by atoms with van der Waals surface area (Å²) in [5.74, 6) is 1.79. The molecule has 0 fully saturated rings. The van der Waals surface area contributed by atoms with E-state index in [0.717, 1.165) is 21.9 Å². The van der Waals surface area contributed by atoms with Gasteiger partial charge in [-0.25, -0.2) is 4.99 Å². The first kappa shape index (κ1) is 18.9. The summed E-state index contributed by atoms with van der Waals surface area (Å²) < 4.78 is 11.4. The Morgan fingerprint density at radius 1 is 1.19 bits per heavy atom. The van der Waals surface area contributed by atoms with Crippen LogP contribution in [-0.2, 0) is 10.5 Å². The molecule has 0 bridgehead atoms. The molecule has 0 saturated carbocycles. The number of hydrogen-bond acceptors (Lipinski definition) is 6. The molecule has 7 heteroatoms. The van der Waals surface area contributed by atoms with Gasteiger partial charge in [0.2, 0.25) is 5.12 Å². The second-order valence-corrected chi connectivity index (χ2v) is 7.92. The van der Waals surface area contributed by atoms with E-state index in [1.807, 2.05) is 18.2 Å². The topological polar surface area (TPSA) is 47.9 Å². The van der Waals surface area contributed by atoms with Crippen LogP contribution in [0.1, 0.15) is 11.1 Å². The summed E-state index contributed by atoms with van der Waals surface area (Å²) in [4.78, 5) is 16.8. The summed E-state index contributed by atoms with van der Waals surface area (Å²) in [7, 11) is 3.08. The Morgan fingerprint density at radius 3 is 2.65 bits per heavy atom. The van der Waals surface area contributed by atoms with E-state index in [0.29, 0.717) is 27.8 Å². The van der Waals surface area contributed by atoms with E-state index in [9.17, 15) is 4.79 Å². The highest BCUT2D eigenvalue weighted by Gasteiger charge is 2.23. The van der Waals surface area contributed by atoms with Gasteiger partial charge in [-0.1, -0.05) is 53.7 Å². The molecule has 2 aromatic carbocycles. The fourth-order valence-electron chi connectivity index (χ4n) is 2.38. The molecule has 3 rings (SSSR count). The van der Waals surface area contributed by atoms with Gasteiger partial charge in [-0.3, -0.25) is 4.79 Å². The molecule has 0 spiro atoms. The van der Waals surface area contributed by atoms with Gasteiger partial charge in [-0.15, -0.1) is 0 Å². The van der Waals surface area contributed by atoms with Crippen molar-refractivity contribution in [1.82, 2.24) is 0 Å². The van der Waals surface area contributed by atoms with Gasteiger partial charge in [0.15, 0.2) is 11.5 Å². The van der Waals surface area contributed by atoms with Crippen molar-refractivity contribution >= 4 is 50.7 Å². The van der Waals surface area contributed by atoms with Crippen LogP contribution < -0.4 is 9.47 Å². The zero-order valence-corrected chi connectivity index (χ0v) is 16.6. The monoisotopic (exact) mass is 405 g/mol. The number of thioether (sulfide) groups is 2. The lowest BCUT2D eigenvalue weighted by Gasteiger charge is -2.11. The van der Waals surface area contributed by atoms with Crippen molar-refractivity contribution in [2.24, 2.45) is 4.99 Å². The van der Waals surface area contributed by atoms with Crippen LogP contribution in [0.25, 0.3) is 6.08 Å². The van der Waals surface area contributed by atoms with Crippen LogP contribution >= 0.6 is 35.1 Å². The maximum atomic E-state index is 12.3. The Bertz CT molecular complexity index is 882. The van der Waals surface area contributed by atoms with Gasteiger partial charge < -0.3 is 9.47 Å². The molecule has 0 saturated heterocycles. The van der Waals surface area contributed by atoms with Crippen LogP contribution in [0.5, 0.6) is 11.5 Å². The van der Waals surface area contributed by atoms with Crippen LogP contribution in [0.2, 0.25) is 5.02 Å². The highest BCUT2D eigenvalue weighted by Crippen LogP contribution is 2.38. The molecule has 1 aliphatic rings. The molecular weight excluding hydrogens is 390 g/mol. The highest BCUT2D eigenvalue weighted by molar-refractivity contribution is 8.45. The average molecular weight is 406 g/mol. The van der Waals surface area contributed by atoms with Gasteiger partial charge in [-0.05, 0) is 29.5 Å². The number of nitrogens with zero attached hydrogens (tertiary/aromatic N) is 1. The van der Waals surface area contributed by atoms with E-state index in [2.05, 4.69) is 17.1 Å². The zero-order valence-electron chi connectivity index (χ0n) is 14.2. The summed E-state index contributed by atoms with van der Waals surface area (Å²) in [6.45, 7) is 0. The third-order valence-corrected chi connectivity index (χ3v) is 5.87. The van der Waals surface area contributed by atoms with E-state index >= 15 is 0 Å². The lowest BCUT2D eigenvalue weighted by molar-refractivity contribution is -0.107. The molecular formula is C19H16ClNO3S2. The third-order valence-electron chi connectivity index (χ3n) is 3.57. The summed E-state index contributed by atoms with van der Waals surface area (Å²) in [6, 6.07) is 13.5. The molecule has 0 amide bonds. The molecule has 1 aliphatic heterocycles. The van der Waals surface area contributed by atoms with Gasteiger partial charge in [0.1, 0.15) is 10.1 Å². The van der Waals surface area contributed by atoms with Crippen LogP contribution in [-0.4, -0.2) is 23.7 Å². The summed E-state index contributed by atoms with van der Waals surface area (Å²) >= 11 is 8.82. The minimum Gasteiger partial charge on any atom is -0.493 e. The van der Waals surface area contributed by atoms with Crippen molar-refractivity contribution in [3.05, 3.63) is 64.3 Å². The molecule has 0 atom stereocenters. The number of hydrogen-bond donors (Lipinski definition) is 0. The number of carbonyl (C=O) groups excluding carboxylic acids is 1. The normalized spacial score (nSPS) is 15.3. The maximum absolute atomic E-state index is 12.3. The molecule has 0 N–H and O–H groups in total. The first-order valence-electron chi connectivity index (χ1n) is 7.71. The fraction of sp³-hybridized carbons (Fsp3) is 0.158. The van der Waals surface area contributed by atoms with Crippen LogP contribution in [0.15, 0.2) is 53.2 Å². The molecule has 4 nitrogen and oxygen atoms in total. The van der Waals surface area contributed by atoms with E-state index in [1.165, 1.54) is 12.7 Å². The summed E-state index contributed by atoms with van der Waals surface area (Å²) in [5, 5.41) is 0.400. The van der Waals surface area contributed by atoms with Gasteiger partial charge in [0.25, 0.3) is 0 Å². The Balaban J connectivity index is 1.83. The minimum atomic E-state index is -0.0958. The molecule has 1 heterocycles. The highest BCUT2D eigenvalue weighted by atomic mass is 35.5. The number of rotatable bonds is 5. The minimum absolute atomic E-state index is 0.0958. The van der Waals surface area contributed by atoms with Crippen LogP contribution in [0.3, 0.4) is 0 Å². The molecule has 26 heavy (non-hydrogen) atoms. The fourth-order valence-corrected chi connectivity index (χ4v) is 4.40. The van der Waals surface area contributed by atoms with Crippen LogP contribution in [0, 0.1) is 0 Å². The van der Waals surface area contributed by atoms with Crippen molar-refractivity contribution in [2.45, 2.75) is 5.75 Å². The van der Waals surface area contributed by atoms with Crippen LogP contribution in [0.4, 0.5) is 0 Å². The first-order valence-corrected chi connectivity index (χ1v) is 9.89. The van der Waals surface area contributed by atoms with E-state index < -0.39 is 0 Å². The van der Waals surface area contributed by atoms with Gasteiger partial charge in [-0.2, -0.15) is 0 Å². The van der Waals surface area contributed by atoms with Crippen molar-refractivity contribution in [2.75, 3.05) is 14.2 Å². The summed E-state index contributed by atoms with van der Waals surface area (Å²) in [6.07, 6.45) is 1.68. The number of carbonyl (C=O) groups is 1. The number of benzene rings is 2. The van der Waals surface area contributed by atoms with E-state index in [1.54, 1.807) is 37.1 Å². The molecule has 0 unspecified atom stereocenters. The quantitative estimate of drug-likeness (QED) is 0.635. The van der Waals surface area contributed by atoms with E-state index in [4.69, 9.17) is 21.1 Å². The first-order chi connectivity index (χ1) is 12.6.